The number of alkyl halides is 1. The smallest absolute Gasteiger partial charge is 0.274 e. The van der Waals surface area contributed by atoms with E-state index in [4.69, 9.17) is 11.6 Å². The summed E-state index contributed by atoms with van der Waals surface area (Å²) in [5, 5.41) is 0. The number of nitrogens with one attached hydrogen (secondary N) is 1. The first-order chi connectivity index (χ1) is 6.15. The van der Waals surface area contributed by atoms with Gasteiger partial charge < -0.3 is 0 Å². The molecular formula is C7H7ClN2O3. The van der Waals surface area contributed by atoms with Crippen LogP contribution in [-0.2, 0) is 0 Å². The molecule has 0 spiro atoms. The summed E-state index contributed by atoms with van der Waals surface area (Å²) in [6.45, 7) is 0. The second-order valence-corrected chi connectivity index (χ2v) is 2.69. The molecule has 0 amide bonds. The second-order valence-electron chi connectivity index (χ2n) is 2.31. The highest BCUT2D eigenvalue weighted by Crippen LogP contribution is 1.88. The minimum Gasteiger partial charge on any atom is -0.274 e. The first-order valence-electron chi connectivity index (χ1n) is 3.56. The van der Waals surface area contributed by atoms with Crippen molar-refractivity contribution in [2.45, 2.75) is 6.42 Å². The molecule has 0 aliphatic rings. The first-order valence-corrected chi connectivity index (χ1v) is 4.10. The van der Waals surface area contributed by atoms with E-state index in [1.54, 1.807) is 0 Å². The fourth-order valence-corrected chi connectivity index (χ4v) is 0.977. The number of hydrogen-bond donors (Lipinski definition) is 1. The van der Waals surface area contributed by atoms with E-state index in [1.807, 2.05) is 4.98 Å². The van der Waals surface area contributed by atoms with E-state index in [0.29, 0.717) is 0 Å². The van der Waals surface area contributed by atoms with Gasteiger partial charge in [-0.05, 0) is 0 Å². The zero-order valence-corrected chi connectivity index (χ0v) is 7.37. The highest BCUT2D eigenvalue weighted by atomic mass is 35.5. The Bertz CT molecular complexity index is 420. The molecule has 0 saturated carbocycles. The van der Waals surface area contributed by atoms with Crippen molar-refractivity contribution >= 4 is 17.5 Å². The van der Waals surface area contributed by atoms with Crippen molar-refractivity contribution in [1.29, 1.82) is 0 Å². The Balaban J connectivity index is 3.09. The third-order valence-corrected chi connectivity index (χ3v) is 1.59. The van der Waals surface area contributed by atoms with E-state index in [1.165, 1.54) is 0 Å². The van der Waals surface area contributed by atoms with Crippen LogP contribution >= 0.6 is 11.6 Å². The minimum absolute atomic E-state index is 0.0630. The summed E-state index contributed by atoms with van der Waals surface area (Å²) in [5.41, 5.74) is -1.26. The van der Waals surface area contributed by atoms with Crippen molar-refractivity contribution in [3.63, 3.8) is 0 Å². The van der Waals surface area contributed by atoms with E-state index in [2.05, 4.69) is 0 Å². The predicted octanol–water partition coefficient (Wildman–Crippen LogP) is -0.194. The normalized spacial score (nSPS) is 9.92. The molecule has 70 valence electrons. The third-order valence-electron chi connectivity index (χ3n) is 1.40. The maximum absolute atomic E-state index is 11.1. The Hall–Kier alpha value is -1.36. The molecule has 0 aromatic carbocycles. The van der Waals surface area contributed by atoms with Gasteiger partial charge in [0.15, 0.2) is 0 Å². The van der Waals surface area contributed by atoms with Gasteiger partial charge in [-0.2, -0.15) is 0 Å². The summed E-state index contributed by atoms with van der Waals surface area (Å²) in [4.78, 5) is 34.7. The van der Waals surface area contributed by atoms with Gasteiger partial charge in [0, 0.05) is 24.6 Å². The fraction of sp³-hybridized carbons (Fsp3) is 0.286. The lowest BCUT2D eigenvalue weighted by Gasteiger charge is -1.99. The molecule has 0 aliphatic carbocycles. The molecule has 1 aromatic rings. The number of nitrogens with zero attached hydrogens (tertiary/aromatic N) is 1. The van der Waals surface area contributed by atoms with E-state index >= 15 is 0 Å². The number of aromatic amines is 1. The van der Waals surface area contributed by atoms with Crippen molar-refractivity contribution in [2.75, 3.05) is 5.88 Å². The molecule has 1 aromatic heterocycles. The van der Waals surface area contributed by atoms with Crippen molar-refractivity contribution in [2.24, 2.45) is 0 Å². The molecule has 0 saturated heterocycles. The Morgan fingerprint density at radius 2 is 2.23 bits per heavy atom. The second kappa shape index (κ2) is 4.04. The van der Waals surface area contributed by atoms with Gasteiger partial charge in [-0.25, -0.2) is 9.36 Å². The maximum atomic E-state index is 11.1. The number of halogens is 1. The molecule has 5 nitrogen and oxygen atoms in total. The Morgan fingerprint density at radius 1 is 1.54 bits per heavy atom. The predicted molar refractivity (Wildman–Crippen MR) is 47.3 cm³/mol. The zero-order valence-electron chi connectivity index (χ0n) is 6.62. The quantitative estimate of drug-likeness (QED) is 0.676. The highest BCUT2D eigenvalue weighted by Gasteiger charge is 2.05. The van der Waals surface area contributed by atoms with Gasteiger partial charge in [-0.15, -0.1) is 11.6 Å². The zero-order chi connectivity index (χ0) is 9.84. The first kappa shape index (κ1) is 9.73. The van der Waals surface area contributed by atoms with Gasteiger partial charge in [0.05, 0.1) is 0 Å². The van der Waals surface area contributed by atoms with Crippen LogP contribution in [0.15, 0.2) is 21.9 Å². The molecule has 0 atom stereocenters. The fourth-order valence-electron chi connectivity index (χ4n) is 0.815. The van der Waals surface area contributed by atoms with E-state index in [9.17, 15) is 14.4 Å². The summed E-state index contributed by atoms with van der Waals surface area (Å²) < 4.78 is 0.823. The molecule has 1 rings (SSSR count). The minimum atomic E-state index is -0.734. The topological polar surface area (TPSA) is 71.9 Å². The van der Waals surface area contributed by atoms with Crippen LogP contribution in [0.5, 0.6) is 0 Å². The SMILES string of the molecule is O=C(CCCl)n1ccc(=O)[nH]c1=O. The van der Waals surface area contributed by atoms with E-state index < -0.39 is 17.2 Å². The van der Waals surface area contributed by atoms with Gasteiger partial charge in [0.2, 0.25) is 5.91 Å². The monoisotopic (exact) mass is 202 g/mol. The number of aromatic nitrogens is 2. The summed E-state index contributed by atoms with van der Waals surface area (Å²) in [6.07, 6.45) is 1.20. The lowest BCUT2D eigenvalue weighted by atomic mass is 10.4. The van der Waals surface area contributed by atoms with Gasteiger partial charge in [0.1, 0.15) is 0 Å². The molecule has 0 fully saturated rings. The Morgan fingerprint density at radius 3 is 2.77 bits per heavy atom. The van der Waals surface area contributed by atoms with E-state index in [-0.39, 0.29) is 12.3 Å². The van der Waals surface area contributed by atoms with Crippen molar-refractivity contribution in [3.05, 3.63) is 33.1 Å². The van der Waals surface area contributed by atoms with Crippen molar-refractivity contribution in [1.82, 2.24) is 9.55 Å². The van der Waals surface area contributed by atoms with Crippen LogP contribution in [0, 0.1) is 0 Å². The molecule has 0 aliphatic heterocycles. The summed E-state index contributed by atoms with van der Waals surface area (Å²) >= 11 is 5.32. The highest BCUT2D eigenvalue weighted by molar-refractivity contribution is 6.18. The van der Waals surface area contributed by atoms with Crippen LogP contribution in [0.1, 0.15) is 11.2 Å². The van der Waals surface area contributed by atoms with E-state index in [0.717, 1.165) is 16.8 Å². The number of rotatable bonds is 2. The molecule has 6 heteroatoms. The molecule has 1 heterocycles. The molecule has 13 heavy (non-hydrogen) atoms. The summed E-state index contributed by atoms with van der Waals surface area (Å²) in [5.74, 6) is -0.291. The number of carbonyl (C=O) groups is 1. The van der Waals surface area contributed by atoms with Crippen molar-refractivity contribution in [3.8, 4) is 0 Å². The lowest BCUT2D eigenvalue weighted by Crippen LogP contribution is -2.32. The van der Waals surface area contributed by atoms with Crippen LogP contribution < -0.4 is 11.2 Å². The van der Waals surface area contributed by atoms with Gasteiger partial charge in [0.25, 0.3) is 5.56 Å². The van der Waals surface area contributed by atoms with Crippen LogP contribution in [-0.4, -0.2) is 21.3 Å². The molecule has 1 N–H and O–H groups in total. The lowest BCUT2D eigenvalue weighted by molar-refractivity contribution is 0.0904. The third kappa shape index (κ3) is 2.29. The summed E-state index contributed by atoms with van der Waals surface area (Å²) in [7, 11) is 0. The molecular weight excluding hydrogens is 196 g/mol. The molecule has 0 radical (unpaired) electrons. The van der Waals surface area contributed by atoms with Crippen LogP contribution in [0.4, 0.5) is 0 Å². The number of H-pyrrole nitrogens is 1. The van der Waals surface area contributed by atoms with Crippen LogP contribution in [0.25, 0.3) is 0 Å². The largest absolute Gasteiger partial charge is 0.335 e. The average molecular weight is 203 g/mol. The van der Waals surface area contributed by atoms with Gasteiger partial charge in [-0.1, -0.05) is 0 Å². The number of hydrogen-bond acceptors (Lipinski definition) is 3. The summed E-state index contributed by atoms with van der Waals surface area (Å²) in [6, 6.07) is 1.10. The standard InChI is InChI=1S/C7H7ClN2O3/c8-3-1-6(12)10-4-2-5(11)9-7(10)13/h2,4H,1,3H2,(H,9,11,13). The van der Waals surface area contributed by atoms with Crippen molar-refractivity contribution < 1.29 is 4.79 Å². The molecule has 0 unspecified atom stereocenters. The van der Waals surface area contributed by atoms with Crippen LogP contribution in [0.3, 0.4) is 0 Å². The molecule has 0 bridgehead atoms. The number of carbonyl (C=O) groups excluding carboxylic acids is 1. The average Bonchev–Trinajstić information content (AvgIpc) is 2.04. The van der Waals surface area contributed by atoms with Gasteiger partial charge in [-0.3, -0.25) is 14.6 Å². The maximum Gasteiger partial charge on any atom is 0.335 e. The Kier molecular flexibility index (Phi) is 3.02. The van der Waals surface area contributed by atoms with Gasteiger partial charge >= 0.3 is 5.69 Å². The van der Waals surface area contributed by atoms with Crippen LogP contribution in [0.2, 0.25) is 0 Å². The Labute approximate surface area is 78.0 Å².